The number of hydrogen-bond acceptors (Lipinski definition) is 1. The van der Waals surface area contributed by atoms with Crippen LogP contribution in [0, 0.1) is 6.42 Å². The number of benzene rings is 1. The number of likely N-dealkylation sites (tertiary alicyclic amines) is 1. The molecular weight excluding hydrogens is 214 g/mol. The molecule has 1 saturated heterocycles. The van der Waals surface area contributed by atoms with Crippen LogP contribution in [0.2, 0.25) is 0 Å². The Hall–Kier alpha value is -0.301. The zero-order valence-corrected chi connectivity index (χ0v) is 9.40. The number of rotatable bonds is 2. The molecule has 1 aliphatic heterocycles. The van der Waals surface area contributed by atoms with E-state index in [0.29, 0.717) is 0 Å². The maximum Gasteiger partial charge on any atom is 0.0231 e. The van der Waals surface area contributed by atoms with Crippen LogP contribution in [0.15, 0.2) is 30.3 Å². The van der Waals surface area contributed by atoms with Crippen LogP contribution < -0.4 is 0 Å². The number of piperidine rings is 1. The van der Waals surface area contributed by atoms with Gasteiger partial charge in [0.2, 0.25) is 0 Å². The summed E-state index contributed by atoms with van der Waals surface area (Å²) in [6, 6.07) is 10.7. The zero-order valence-electron chi connectivity index (χ0n) is 8.30. The minimum absolute atomic E-state index is 0. The van der Waals surface area contributed by atoms with Crippen LogP contribution in [-0.4, -0.2) is 18.0 Å². The van der Waals surface area contributed by atoms with E-state index in [2.05, 4.69) is 41.7 Å². The van der Waals surface area contributed by atoms with Crippen molar-refractivity contribution in [3.8, 4) is 0 Å². The minimum Gasteiger partial charge on any atom is -0.326 e. The fourth-order valence-electron chi connectivity index (χ4n) is 1.80. The summed E-state index contributed by atoms with van der Waals surface area (Å²) in [4.78, 5) is 2.52. The van der Waals surface area contributed by atoms with Crippen molar-refractivity contribution >= 4 is 0 Å². The molecule has 1 fully saturated rings. The Bertz CT molecular complexity index is 242. The summed E-state index contributed by atoms with van der Waals surface area (Å²) in [5.74, 6) is 0. The second-order valence-electron chi connectivity index (χ2n) is 3.63. The average Bonchev–Trinajstić information content (AvgIpc) is 2.21. The van der Waals surface area contributed by atoms with Gasteiger partial charge in [-0.1, -0.05) is 30.3 Å². The van der Waals surface area contributed by atoms with Crippen molar-refractivity contribution in [2.75, 3.05) is 13.1 Å². The van der Waals surface area contributed by atoms with Crippen LogP contribution in [0.1, 0.15) is 18.4 Å². The molecule has 78 valence electrons. The van der Waals surface area contributed by atoms with Gasteiger partial charge in [0.25, 0.3) is 0 Å². The molecule has 2 rings (SSSR count). The van der Waals surface area contributed by atoms with Crippen molar-refractivity contribution < 1.29 is 17.1 Å². The molecule has 0 spiro atoms. The van der Waals surface area contributed by atoms with Crippen LogP contribution in [0.4, 0.5) is 0 Å². The molecule has 0 aliphatic carbocycles. The van der Waals surface area contributed by atoms with E-state index in [1.54, 1.807) is 0 Å². The van der Waals surface area contributed by atoms with Crippen molar-refractivity contribution in [3.63, 3.8) is 0 Å². The summed E-state index contributed by atoms with van der Waals surface area (Å²) in [6.45, 7) is 3.58. The first-order valence-corrected chi connectivity index (χ1v) is 5.03. The van der Waals surface area contributed by atoms with Gasteiger partial charge in [-0.05, 0) is 18.7 Å². The van der Waals surface area contributed by atoms with E-state index in [0.717, 1.165) is 6.54 Å². The molecule has 0 aromatic heterocycles. The van der Waals surface area contributed by atoms with Gasteiger partial charge in [0, 0.05) is 23.6 Å². The van der Waals surface area contributed by atoms with Crippen LogP contribution in [0.3, 0.4) is 0 Å². The third-order valence-corrected chi connectivity index (χ3v) is 2.55. The van der Waals surface area contributed by atoms with Crippen molar-refractivity contribution in [1.82, 2.24) is 4.90 Å². The Morgan fingerprint density at radius 1 is 1.07 bits per heavy atom. The SMILES string of the molecule is [Fe].c1ccc(CN2CC[CH-]CC2)cc1. The van der Waals surface area contributed by atoms with E-state index in [-0.39, 0.29) is 17.1 Å². The smallest absolute Gasteiger partial charge is 0.0231 e. The van der Waals surface area contributed by atoms with Gasteiger partial charge in [-0.15, -0.1) is 0 Å². The van der Waals surface area contributed by atoms with Crippen LogP contribution >= 0.6 is 0 Å². The Morgan fingerprint density at radius 3 is 2.36 bits per heavy atom. The van der Waals surface area contributed by atoms with Gasteiger partial charge in [0.15, 0.2) is 0 Å². The molecule has 0 unspecified atom stereocenters. The standard InChI is InChI=1S/C12H16N.Fe/c1-3-7-12(8-4-1)11-13-9-5-2-6-10-13;/h1-4,7-8H,5-6,9-11H2;/q-1;. The van der Waals surface area contributed by atoms with Gasteiger partial charge in [-0.2, -0.15) is 12.8 Å². The molecular formula is C12H16FeN-. The Balaban J connectivity index is 0.000000980. The Morgan fingerprint density at radius 2 is 1.71 bits per heavy atom. The molecule has 0 N–H and O–H groups in total. The summed E-state index contributed by atoms with van der Waals surface area (Å²) in [5.41, 5.74) is 1.43. The molecule has 1 aromatic rings. The van der Waals surface area contributed by atoms with E-state index >= 15 is 0 Å². The summed E-state index contributed by atoms with van der Waals surface area (Å²) in [5, 5.41) is 0. The summed E-state index contributed by atoms with van der Waals surface area (Å²) < 4.78 is 0. The number of nitrogens with zero attached hydrogens (tertiary/aromatic N) is 1. The van der Waals surface area contributed by atoms with Crippen LogP contribution in [-0.2, 0) is 23.6 Å². The third-order valence-electron chi connectivity index (χ3n) is 2.55. The molecule has 1 nitrogen and oxygen atoms in total. The van der Waals surface area contributed by atoms with Gasteiger partial charge in [-0.3, -0.25) is 0 Å². The summed E-state index contributed by atoms with van der Waals surface area (Å²) >= 11 is 0. The van der Waals surface area contributed by atoms with Gasteiger partial charge < -0.3 is 11.3 Å². The van der Waals surface area contributed by atoms with Crippen molar-refractivity contribution in [3.05, 3.63) is 42.3 Å². The first-order chi connectivity index (χ1) is 6.45. The summed E-state index contributed by atoms with van der Waals surface area (Å²) in [6.07, 6.45) is 4.90. The Labute approximate surface area is 97.0 Å². The molecule has 0 saturated carbocycles. The first-order valence-electron chi connectivity index (χ1n) is 5.03. The van der Waals surface area contributed by atoms with Crippen molar-refractivity contribution in [2.45, 2.75) is 19.4 Å². The fourth-order valence-corrected chi connectivity index (χ4v) is 1.80. The molecule has 1 heterocycles. The van der Waals surface area contributed by atoms with Crippen molar-refractivity contribution in [1.29, 1.82) is 0 Å². The largest absolute Gasteiger partial charge is 0.326 e. The monoisotopic (exact) mass is 230 g/mol. The van der Waals surface area contributed by atoms with Gasteiger partial charge in [0.1, 0.15) is 0 Å². The summed E-state index contributed by atoms with van der Waals surface area (Å²) in [7, 11) is 0. The fraction of sp³-hybridized carbons (Fsp3) is 0.417. The maximum atomic E-state index is 2.52. The van der Waals surface area contributed by atoms with E-state index < -0.39 is 0 Å². The Kier molecular flexibility index (Phi) is 5.24. The zero-order chi connectivity index (χ0) is 8.93. The average molecular weight is 230 g/mol. The molecule has 0 bridgehead atoms. The predicted molar refractivity (Wildman–Crippen MR) is 55.3 cm³/mol. The quantitative estimate of drug-likeness (QED) is 0.557. The van der Waals surface area contributed by atoms with Gasteiger partial charge in [0.05, 0.1) is 0 Å². The van der Waals surface area contributed by atoms with Crippen LogP contribution in [0.25, 0.3) is 0 Å². The predicted octanol–water partition coefficient (Wildman–Crippen LogP) is 2.48. The molecule has 0 radical (unpaired) electrons. The molecule has 14 heavy (non-hydrogen) atoms. The van der Waals surface area contributed by atoms with E-state index in [4.69, 9.17) is 0 Å². The normalized spacial score (nSPS) is 17.4. The third kappa shape index (κ3) is 3.45. The van der Waals surface area contributed by atoms with E-state index in [1.165, 1.54) is 31.5 Å². The second kappa shape index (κ2) is 6.23. The minimum atomic E-state index is 0. The topological polar surface area (TPSA) is 3.24 Å². The van der Waals surface area contributed by atoms with Gasteiger partial charge in [-0.25, -0.2) is 0 Å². The second-order valence-corrected chi connectivity index (χ2v) is 3.63. The maximum absolute atomic E-state index is 2.52. The molecule has 1 aliphatic rings. The number of hydrogen-bond donors (Lipinski definition) is 0. The van der Waals surface area contributed by atoms with E-state index in [1.807, 2.05) is 0 Å². The molecule has 1 aromatic carbocycles. The van der Waals surface area contributed by atoms with Crippen molar-refractivity contribution in [2.24, 2.45) is 0 Å². The molecule has 0 atom stereocenters. The first kappa shape index (κ1) is 11.8. The molecule has 2 heteroatoms. The van der Waals surface area contributed by atoms with Crippen LogP contribution in [0.5, 0.6) is 0 Å². The van der Waals surface area contributed by atoms with E-state index in [9.17, 15) is 0 Å². The molecule has 0 amide bonds. The van der Waals surface area contributed by atoms with Gasteiger partial charge >= 0.3 is 0 Å².